The van der Waals surface area contributed by atoms with Gasteiger partial charge in [-0.15, -0.1) is 0 Å². The predicted molar refractivity (Wildman–Crippen MR) is 108 cm³/mol. The Morgan fingerprint density at radius 1 is 1.04 bits per heavy atom. The molecular weight excluding hydrogens is 384 g/mol. The Hall–Kier alpha value is -1.89. The van der Waals surface area contributed by atoms with Crippen molar-refractivity contribution in [3.8, 4) is 0 Å². The Morgan fingerprint density at radius 3 is 2.37 bits per heavy atom. The summed E-state index contributed by atoms with van der Waals surface area (Å²) in [4.78, 5) is 12.8. The van der Waals surface area contributed by atoms with Gasteiger partial charge < -0.3 is 5.32 Å². The third-order valence-corrected chi connectivity index (χ3v) is 7.13. The zero-order valence-electron chi connectivity index (χ0n) is 15.2. The summed E-state index contributed by atoms with van der Waals surface area (Å²) >= 11 is 6.08. The third kappa shape index (κ3) is 4.51. The second-order valence-electron chi connectivity index (χ2n) is 6.73. The van der Waals surface area contributed by atoms with Gasteiger partial charge in [-0.3, -0.25) is 4.79 Å². The smallest absolute Gasteiger partial charge is 0.255 e. The van der Waals surface area contributed by atoms with Gasteiger partial charge in [-0.1, -0.05) is 42.6 Å². The molecule has 0 aliphatic carbocycles. The molecule has 1 amide bonds. The molecule has 1 heterocycles. The lowest BCUT2D eigenvalue weighted by Crippen LogP contribution is -2.32. The summed E-state index contributed by atoms with van der Waals surface area (Å²) in [6.45, 7) is 2.80. The van der Waals surface area contributed by atoms with Crippen LogP contribution in [-0.4, -0.2) is 31.7 Å². The number of benzene rings is 2. The van der Waals surface area contributed by atoms with Gasteiger partial charge in [0.1, 0.15) is 0 Å². The second kappa shape index (κ2) is 8.42. The molecule has 0 unspecified atom stereocenters. The van der Waals surface area contributed by atoms with Crippen molar-refractivity contribution in [2.75, 3.05) is 18.4 Å². The molecule has 0 bridgehead atoms. The van der Waals surface area contributed by atoms with E-state index in [0.717, 1.165) is 25.7 Å². The van der Waals surface area contributed by atoms with Crippen LogP contribution in [0.4, 0.5) is 5.69 Å². The number of halogens is 1. The molecule has 0 spiro atoms. The Balaban J connectivity index is 1.89. The summed E-state index contributed by atoms with van der Waals surface area (Å²) in [6, 6.07) is 11.7. The van der Waals surface area contributed by atoms with Crippen LogP contribution in [0.3, 0.4) is 0 Å². The van der Waals surface area contributed by atoms with Crippen LogP contribution in [0.25, 0.3) is 0 Å². The monoisotopic (exact) mass is 406 g/mol. The van der Waals surface area contributed by atoms with Crippen LogP contribution in [0, 0.1) is 6.92 Å². The summed E-state index contributed by atoms with van der Waals surface area (Å²) in [7, 11) is -3.63. The number of carbonyl (C=O) groups is 1. The molecule has 2 aromatic rings. The van der Waals surface area contributed by atoms with Gasteiger partial charge in [0.15, 0.2) is 0 Å². The molecule has 5 nitrogen and oxygen atoms in total. The summed E-state index contributed by atoms with van der Waals surface area (Å²) in [6.07, 6.45) is 3.83. The van der Waals surface area contributed by atoms with Gasteiger partial charge in [0.2, 0.25) is 10.0 Å². The minimum absolute atomic E-state index is 0.191. The number of nitrogens with one attached hydrogen (secondary N) is 1. The number of anilines is 1. The molecule has 2 aromatic carbocycles. The fraction of sp³-hybridized carbons (Fsp3) is 0.350. The highest BCUT2D eigenvalue weighted by molar-refractivity contribution is 7.89. The van der Waals surface area contributed by atoms with Crippen molar-refractivity contribution in [2.45, 2.75) is 37.5 Å². The lowest BCUT2D eigenvalue weighted by Gasteiger charge is -2.21. The zero-order valence-corrected chi connectivity index (χ0v) is 16.8. The Kier molecular flexibility index (Phi) is 6.19. The Labute approximate surface area is 165 Å². The summed E-state index contributed by atoms with van der Waals surface area (Å²) in [5, 5.41) is 3.16. The van der Waals surface area contributed by atoms with E-state index in [1.165, 1.54) is 10.4 Å². The highest BCUT2D eigenvalue weighted by Crippen LogP contribution is 2.25. The van der Waals surface area contributed by atoms with E-state index in [1.54, 1.807) is 43.3 Å². The zero-order chi connectivity index (χ0) is 19.4. The Bertz CT molecular complexity index is 936. The fourth-order valence-corrected chi connectivity index (χ4v) is 5.15. The van der Waals surface area contributed by atoms with E-state index in [-0.39, 0.29) is 10.5 Å². The molecule has 1 aliphatic rings. The van der Waals surface area contributed by atoms with Crippen molar-refractivity contribution >= 4 is 33.2 Å². The summed E-state index contributed by atoms with van der Waals surface area (Å²) in [5.41, 5.74) is 1.41. The summed E-state index contributed by atoms with van der Waals surface area (Å²) < 4.78 is 27.8. The van der Waals surface area contributed by atoms with E-state index in [0.29, 0.717) is 29.4 Å². The first-order valence-electron chi connectivity index (χ1n) is 9.06. The predicted octanol–water partition coefficient (Wildman–Crippen LogP) is 4.47. The van der Waals surface area contributed by atoms with Crippen LogP contribution in [0.15, 0.2) is 47.4 Å². The Morgan fingerprint density at radius 2 is 1.70 bits per heavy atom. The standard InChI is InChI=1S/C20H23ClN2O3S/c1-15-10-11-16(20(24)22-18-9-5-4-8-17(18)21)14-19(15)27(25,26)23-12-6-2-3-7-13-23/h4-5,8-11,14H,2-3,6-7,12-13H2,1H3,(H,22,24). The van der Waals surface area contributed by atoms with Crippen LogP contribution >= 0.6 is 11.6 Å². The number of aryl methyl sites for hydroxylation is 1. The van der Waals surface area contributed by atoms with Gasteiger partial charge in [0.05, 0.1) is 15.6 Å². The lowest BCUT2D eigenvalue weighted by molar-refractivity contribution is 0.102. The van der Waals surface area contributed by atoms with Crippen molar-refractivity contribution in [2.24, 2.45) is 0 Å². The summed E-state index contributed by atoms with van der Waals surface area (Å²) in [5.74, 6) is -0.393. The molecule has 0 radical (unpaired) electrons. The van der Waals surface area contributed by atoms with Gasteiger partial charge in [-0.2, -0.15) is 4.31 Å². The number of hydrogen-bond donors (Lipinski definition) is 1. The highest BCUT2D eigenvalue weighted by atomic mass is 35.5. The van der Waals surface area contributed by atoms with Gasteiger partial charge >= 0.3 is 0 Å². The molecule has 3 rings (SSSR count). The van der Waals surface area contributed by atoms with Crippen LogP contribution < -0.4 is 5.32 Å². The number of para-hydroxylation sites is 1. The van der Waals surface area contributed by atoms with Crippen LogP contribution in [0.1, 0.15) is 41.6 Å². The first kappa shape index (κ1) is 19.9. The largest absolute Gasteiger partial charge is 0.321 e. The van der Waals surface area contributed by atoms with Crippen LogP contribution in [-0.2, 0) is 10.0 Å². The van der Waals surface area contributed by atoms with E-state index in [4.69, 9.17) is 11.6 Å². The number of nitrogens with zero attached hydrogens (tertiary/aromatic N) is 1. The normalized spacial score (nSPS) is 15.9. The van der Waals surface area contributed by atoms with E-state index in [2.05, 4.69) is 5.32 Å². The van der Waals surface area contributed by atoms with Crippen molar-refractivity contribution in [1.29, 1.82) is 0 Å². The van der Waals surface area contributed by atoms with Gasteiger partial charge in [0, 0.05) is 18.7 Å². The van der Waals surface area contributed by atoms with Crippen molar-refractivity contribution < 1.29 is 13.2 Å². The highest BCUT2D eigenvalue weighted by Gasteiger charge is 2.27. The molecule has 1 fully saturated rings. The first-order valence-corrected chi connectivity index (χ1v) is 10.9. The minimum Gasteiger partial charge on any atom is -0.321 e. The first-order chi connectivity index (χ1) is 12.9. The SMILES string of the molecule is Cc1ccc(C(=O)Nc2ccccc2Cl)cc1S(=O)(=O)N1CCCCCC1. The lowest BCUT2D eigenvalue weighted by atomic mass is 10.1. The van der Waals surface area contributed by atoms with E-state index < -0.39 is 15.9 Å². The molecule has 27 heavy (non-hydrogen) atoms. The van der Waals surface area contributed by atoms with Gasteiger partial charge in [-0.05, 0) is 49.6 Å². The average Bonchev–Trinajstić information content (AvgIpc) is 2.94. The minimum atomic E-state index is -3.63. The number of amides is 1. The molecule has 1 aliphatic heterocycles. The van der Waals surface area contributed by atoms with Gasteiger partial charge in [0.25, 0.3) is 5.91 Å². The molecule has 1 N–H and O–H groups in total. The average molecular weight is 407 g/mol. The number of rotatable bonds is 4. The topological polar surface area (TPSA) is 66.5 Å². The number of sulfonamides is 1. The maximum Gasteiger partial charge on any atom is 0.255 e. The molecule has 7 heteroatoms. The van der Waals surface area contributed by atoms with Crippen molar-refractivity contribution in [3.05, 3.63) is 58.6 Å². The maximum atomic E-state index is 13.1. The molecular formula is C20H23ClN2O3S. The van der Waals surface area contributed by atoms with E-state index >= 15 is 0 Å². The van der Waals surface area contributed by atoms with Crippen molar-refractivity contribution in [1.82, 2.24) is 4.31 Å². The third-order valence-electron chi connectivity index (χ3n) is 4.76. The number of hydrogen-bond acceptors (Lipinski definition) is 3. The van der Waals surface area contributed by atoms with Crippen molar-refractivity contribution in [3.63, 3.8) is 0 Å². The van der Waals surface area contributed by atoms with Crippen LogP contribution in [0.2, 0.25) is 5.02 Å². The maximum absolute atomic E-state index is 13.1. The molecule has 0 aromatic heterocycles. The molecule has 0 atom stereocenters. The van der Waals surface area contributed by atoms with E-state index in [1.807, 2.05) is 0 Å². The fourth-order valence-electron chi connectivity index (χ4n) is 3.20. The number of carbonyl (C=O) groups excluding carboxylic acids is 1. The van der Waals surface area contributed by atoms with Crippen LogP contribution in [0.5, 0.6) is 0 Å². The second-order valence-corrected chi connectivity index (χ2v) is 9.05. The molecule has 1 saturated heterocycles. The van der Waals surface area contributed by atoms with Gasteiger partial charge in [-0.25, -0.2) is 8.42 Å². The molecule has 0 saturated carbocycles. The molecule has 144 valence electrons. The van der Waals surface area contributed by atoms with E-state index in [9.17, 15) is 13.2 Å². The quantitative estimate of drug-likeness (QED) is 0.814.